The highest BCUT2D eigenvalue weighted by Gasteiger charge is 2.12. The van der Waals surface area contributed by atoms with Gasteiger partial charge >= 0.3 is 0 Å². The van der Waals surface area contributed by atoms with Crippen molar-refractivity contribution in [1.82, 2.24) is 4.90 Å². The number of nitrogens with zero attached hydrogens (tertiary/aromatic N) is 1. The minimum atomic E-state index is 0.0950. The lowest BCUT2D eigenvalue weighted by atomic mass is 10.1. The molecule has 3 N–H and O–H groups in total. The molecule has 0 fully saturated rings. The van der Waals surface area contributed by atoms with Crippen LogP contribution in [0, 0.1) is 0 Å². The van der Waals surface area contributed by atoms with Crippen molar-refractivity contribution in [2.75, 3.05) is 18.8 Å². The molecule has 0 aliphatic heterocycles. The fraction of sp³-hybridized carbons (Fsp3) is 0.588. The van der Waals surface area contributed by atoms with Gasteiger partial charge in [0.05, 0.1) is 5.69 Å². The van der Waals surface area contributed by atoms with Crippen molar-refractivity contribution in [3.05, 3.63) is 23.8 Å². The third-order valence-electron chi connectivity index (χ3n) is 3.64. The molecule has 0 unspecified atom stereocenters. The molecule has 1 rings (SSSR count). The number of unbranched alkanes of at least 4 members (excludes halogenated alkanes) is 2. The van der Waals surface area contributed by atoms with Crippen LogP contribution in [-0.2, 0) is 11.2 Å². The fourth-order valence-corrected chi connectivity index (χ4v) is 2.23. The maximum atomic E-state index is 12.3. The Hall–Kier alpha value is -1.71. The first-order valence-electron chi connectivity index (χ1n) is 7.93. The number of hydrogen-bond acceptors (Lipinski definition) is 3. The summed E-state index contributed by atoms with van der Waals surface area (Å²) in [4.78, 5) is 14.3. The number of aromatic hydroxyl groups is 1. The maximum Gasteiger partial charge on any atom is 0.222 e. The fourth-order valence-electron chi connectivity index (χ4n) is 2.23. The molecular formula is C17H28N2O2. The number of hydrogen-bond donors (Lipinski definition) is 2. The number of phenolic OH excluding ortho intramolecular Hbond substituents is 1. The molecular weight excluding hydrogens is 264 g/mol. The van der Waals surface area contributed by atoms with Crippen LogP contribution in [0.25, 0.3) is 0 Å². The van der Waals surface area contributed by atoms with Crippen LogP contribution in [0.2, 0.25) is 0 Å². The molecule has 0 atom stereocenters. The van der Waals surface area contributed by atoms with Crippen LogP contribution in [0.15, 0.2) is 18.2 Å². The molecule has 0 aromatic heterocycles. The Morgan fingerprint density at radius 2 is 1.81 bits per heavy atom. The average molecular weight is 292 g/mol. The first-order chi connectivity index (χ1) is 10.1. The van der Waals surface area contributed by atoms with Crippen LogP contribution in [-0.4, -0.2) is 29.0 Å². The number of anilines is 1. The Morgan fingerprint density at radius 3 is 2.33 bits per heavy atom. The number of benzene rings is 1. The van der Waals surface area contributed by atoms with Crippen LogP contribution < -0.4 is 5.73 Å². The van der Waals surface area contributed by atoms with Gasteiger partial charge in [-0.25, -0.2) is 0 Å². The van der Waals surface area contributed by atoms with Gasteiger partial charge in [-0.3, -0.25) is 4.79 Å². The molecule has 1 aromatic rings. The molecule has 0 aliphatic carbocycles. The van der Waals surface area contributed by atoms with Crippen LogP contribution in [0.1, 0.15) is 51.5 Å². The topological polar surface area (TPSA) is 66.6 Å². The van der Waals surface area contributed by atoms with E-state index in [-0.39, 0.29) is 11.7 Å². The lowest BCUT2D eigenvalue weighted by Crippen LogP contribution is -2.33. The van der Waals surface area contributed by atoms with Crippen molar-refractivity contribution in [2.24, 2.45) is 0 Å². The summed E-state index contributed by atoms with van der Waals surface area (Å²) >= 11 is 0. The Balaban J connectivity index is 2.53. The minimum absolute atomic E-state index is 0.0950. The summed E-state index contributed by atoms with van der Waals surface area (Å²) in [5.74, 6) is 0.307. The highest BCUT2D eigenvalue weighted by molar-refractivity contribution is 5.76. The lowest BCUT2D eigenvalue weighted by Gasteiger charge is -2.22. The van der Waals surface area contributed by atoms with Crippen LogP contribution in [0.5, 0.6) is 5.75 Å². The summed E-state index contributed by atoms with van der Waals surface area (Å²) in [7, 11) is 0. The van der Waals surface area contributed by atoms with E-state index >= 15 is 0 Å². The molecule has 0 radical (unpaired) electrons. The van der Waals surface area contributed by atoms with E-state index in [9.17, 15) is 9.90 Å². The van der Waals surface area contributed by atoms with Gasteiger partial charge in [0.1, 0.15) is 5.75 Å². The smallest absolute Gasteiger partial charge is 0.222 e. The van der Waals surface area contributed by atoms with Crippen molar-refractivity contribution in [2.45, 2.75) is 52.4 Å². The Bertz CT molecular complexity index is 438. The second kappa shape index (κ2) is 9.27. The molecule has 0 saturated heterocycles. The Morgan fingerprint density at radius 1 is 1.19 bits per heavy atom. The summed E-state index contributed by atoms with van der Waals surface area (Å²) in [6.45, 7) is 5.99. The van der Waals surface area contributed by atoms with Gasteiger partial charge in [-0.15, -0.1) is 0 Å². The number of nitrogen functional groups attached to an aromatic ring is 1. The Kier molecular flexibility index (Phi) is 7.65. The third-order valence-corrected chi connectivity index (χ3v) is 3.64. The maximum absolute atomic E-state index is 12.3. The van der Waals surface area contributed by atoms with Crippen molar-refractivity contribution in [1.29, 1.82) is 0 Å². The third kappa shape index (κ3) is 6.06. The first-order valence-corrected chi connectivity index (χ1v) is 7.93. The van der Waals surface area contributed by atoms with Gasteiger partial charge < -0.3 is 15.7 Å². The summed E-state index contributed by atoms with van der Waals surface area (Å²) in [5, 5.41) is 9.40. The lowest BCUT2D eigenvalue weighted by molar-refractivity contribution is -0.131. The molecule has 0 spiro atoms. The van der Waals surface area contributed by atoms with E-state index in [0.717, 1.165) is 44.3 Å². The van der Waals surface area contributed by atoms with E-state index in [1.54, 1.807) is 12.1 Å². The summed E-state index contributed by atoms with van der Waals surface area (Å²) in [6, 6.07) is 5.15. The summed E-state index contributed by atoms with van der Waals surface area (Å²) in [5.41, 5.74) is 7.03. The van der Waals surface area contributed by atoms with E-state index in [2.05, 4.69) is 13.8 Å². The first kappa shape index (κ1) is 17.3. The van der Waals surface area contributed by atoms with Crippen molar-refractivity contribution in [3.8, 4) is 5.75 Å². The molecule has 0 aliphatic rings. The zero-order valence-corrected chi connectivity index (χ0v) is 13.3. The molecule has 1 amide bonds. The standard InChI is InChI=1S/C17H28N2O2/c1-3-5-11-19(12-6-4-2)17(21)10-8-14-7-9-16(20)15(18)13-14/h7,9,13,20H,3-6,8,10-12,18H2,1-2H3. The van der Waals surface area contributed by atoms with Crippen molar-refractivity contribution >= 4 is 11.6 Å². The highest BCUT2D eigenvalue weighted by Crippen LogP contribution is 2.21. The van der Waals surface area contributed by atoms with Gasteiger partial charge in [0, 0.05) is 19.5 Å². The number of carbonyl (C=O) groups is 1. The average Bonchev–Trinajstić information content (AvgIpc) is 2.48. The molecule has 4 nitrogen and oxygen atoms in total. The minimum Gasteiger partial charge on any atom is -0.506 e. The van der Waals surface area contributed by atoms with Gasteiger partial charge in [-0.1, -0.05) is 32.8 Å². The number of phenols is 1. The number of aryl methyl sites for hydroxylation is 1. The predicted molar refractivity (Wildman–Crippen MR) is 87.2 cm³/mol. The van der Waals surface area contributed by atoms with Gasteiger partial charge in [0.2, 0.25) is 5.91 Å². The quantitative estimate of drug-likeness (QED) is 0.542. The predicted octanol–water partition coefficient (Wildman–Crippen LogP) is 3.34. The normalized spacial score (nSPS) is 10.6. The van der Waals surface area contributed by atoms with E-state index in [1.807, 2.05) is 11.0 Å². The van der Waals surface area contributed by atoms with Gasteiger partial charge in [0.25, 0.3) is 0 Å². The monoisotopic (exact) mass is 292 g/mol. The highest BCUT2D eigenvalue weighted by atomic mass is 16.3. The van der Waals surface area contributed by atoms with Gasteiger partial charge in [-0.2, -0.15) is 0 Å². The zero-order valence-electron chi connectivity index (χ0n) is 13.3. The number of amides is 1. The summed E-state index contributed by atoms with van der Waals surface area (Å²) < 4.78 is 0. The number of rotatable bonds is 9. The van der Waals surface area contributed by atoms with Crippen LogP contribution >= 0.6 is 0 Å². The van der Waals surface area contributed by atoms with Crippen LogP contribution in [0.3, 0.4) is 0 Å². The van der Waals surface area contributed by atoms with E-state index < -0.39 is 0 Å². The van der Waals surface area contributed by atoms with Crippen molar-refractivity contribution < 1.29 is 9.90 Å². The molecule has 4 heteroatoms. The SMILES string of the molecule is CCCCN(CCCC)C(=O)CCc1ccc(O)c(N)c1. The molecule has 118 valence electrons. The molecule has 21 heavy (non-hydrogen) atoms. The van der Waals surface area contributed by atoms with Gasteiger partial charge in [0.15, 0.2) is 0 Å². The van der Waals surface area contributed by atoms with Crippen molar-refractivity contribution in [3.63, 3.8) is 0 Å². The second-order valence-electron chi connectivity index (χ2n) is 5.48. The summed E-state index contributed by atoms with van der Waals surface area (Å²) in [6.07, 6.45) is 5.48. The van der Waals surface area contributed by atoms with Gasteiger partial charge in [-0.05, 0) is 37.0 Å². The molecule has 1 aromatic carbocycles. The largest absolute Gasteiger partial charge is 0.506 e. The Labute approximate surface area is 128 Å². The number of carbonyl (C=O) groups excluding carboxylic acids is 1. The van der Waals surface area contributed by atoms with Crippen LogP contribution in [0.4, 0.5) is 5.69 Å². The van der Waals surface area contributed by atoms with E-state index in [4.69, 9.17) is 5.73 Å². The molecule has 0 bridgehead atoms. The molecule has 0 heterocycles. The number of nitrogens with two attached hydrogens (primary N) is 1. The second-order valence-corrected chi connectivity index (χ2v) is 5.48. The zero-order chi connectivity index (χ0) is 15.7. The molecule has 0 saturated carbocycles. The van der Waals surface area contributed by atoms with E-state index in [1.165, 1.54) is 0 Å². The van der Waals surface area contributed by atoms with E-state index in [0.29, 0.717) is 18.5 Å².